The number of nitrogen functional groups attached to an aromatic ring is 2. The van der Waals surface area contributed by atoms with E-state index in [0.29, 0.717) is 17.6 Å². The Balaban J connectivity index is 0.000000192. The third-order valence-corrected chi connectivity index (χ3v) is 15.0. The molecule has 13 nitrogen and oxygen atoms in total. The summed E-state index contributed by atoms with van der Waals surface area (Å²) in [5.74, 6) is 0.653. The Bertz CT molecular complexity index is 2250. The molecule has 2 aliphatic carbocycles. The quantitative estimate of drug-likeness (QED) is 0.0783. The lowest BCUT2D eigenvalue weighted by molar-refractivity contribution is 0.00578. The third kappa shape index (κ3) is 12.5. The van der Waals surface area contributed by atoms with Crippen molar-refractivity contribution < 1.29 is 26.1 Å². The van der Waals surface area contributed by atoms with Crippen LogP contribution in [0.4, 0.5) is 17.1 Å². The molecule has 7 rings (SSSR count). The van der Waals surface area contributed by atoms with E-state index in [1.165, 1.54) is 65.5 Å². The van der Waals surface area contributed by atoms with Crippen LogP contribution in [0.1, 0.15) is 97.5 Å². The van der Waals surface area contributed by atoms with Crippen molar-refractivity contribution in [3.8, 4) is 11.3 Å². The second-order valence-corrected chi connectivity index (χ2v) is 21.2. The highest BCUT2D eigenvalue weighted by Crippen LogP contribution is 2.38. The fraction of sp³-hybridized carbons (Fsp3) is 0.488. The fourth-order valence-corrected chi connectivity index (χ4v) is 9.46. The van der Waals surface area contributed by atoms with E-state index in [1.807, 2.05) is 39.8 Å². The molecule has 60 heavy (non-hydrogen) atoms. The molecule has 0 radical (unpaired) electrons. The van der Waals surface area contributed by atoms with Gasteiger partial charge in [0, 0.05) is 46.5 Å². The summed E-state index contributed by atoms with van der Waals surface area (Å²) in [6.45, 7) is 7.98. The van der Waals surface area contributed by atoms with Crippen LogP contribution in [0.3, 0.4) is 0 Å². The zero-order chi connectivity index (χ0) is 43.7. The van der Waals surface area contributed by atoms with Crippen molar-refractivity contribution in [3.63, 3.8) is 0 Å². The zero-order valence-electron chi connectivity index (χ0n) is 35.6. The average Bonchev–Trinajstić information content (AvgIpc) is 3.44. The Hall–Kier alpha value is -3.58. The van der Waals surface area contributed by atoms with Crippen LogP contribution in [0.5, 0.6) is 0 Å². The van der Waals surface area contributed by atoms with Crippen molar-refractivity contribution in [1.29, 1.82) is 0 Å². The van der Waals surface area contributed by atoms with Crippen LogP contribution >= 0.6 is 15.9 Å². The highest BCUT2D eigenvalue weighted by atomic mass is 79.9. The third-order valence-electron chi connectivity index (χ3n) is 11.8. The summed E-state index contributed by atoms with van der Waals surface area (Å²) in [6.07, 6.45) is 16.6. The first-order valence-corrected chi connectivity index (χ1v) is 24.4. The van der Waals surface area contributed by atoms with Gasteiger partial charge in [0.1, 0.15) is 4.60 Å². The SMILES string of the molecule is CNS(=O)(=O)c1ccc(CC2CCCCC2)c(-c2cc(N)ccn2)c1.CNS(=O)(=O)c1ccc(NC2CCCCC2)c(B2OC(C)(C)C(C)(C)O2)c1.Nc1ccnc(Br)c1. The second-order valence-electron chi connectivity index (χ2n) is 16.6. The topological polar surface area (TPSA) is 201 Å². The number of nitrogens with zero attached hydrogens (tertiary/aromatic N) is 2. The smallest absolute Gasteiger partial charge is 0.399 e. The van der Waals surface area contributed by atoms with Gasteiger partial charge in [-0.25, -0.2) is 31.3 Å². The maximum atomic E-state index is 12.3. The molecule has 2 aromatic heterocycles. The first-order valence-electron chi connectivity index (χ1n) is 20.7. The molecule has 3 aliphatic rings. The minimum absolute atomic E-state index is 0.212. The maximum Gasteiger partial charge on any atom is 0.497 e. The van der Waals surface area contributed by atoms with Crippen LogP contribution in [0.25, 0.3) is 11.3 Å². The molecule has 3 fully saturated rings. The average molecular weight is 927 g/mol. The van der Waals surface area contributed by atoms with Crippen LogP contribution in [0.2, 0.25) is 0 Å². The monoisotopic (exact) mass is 925 g/mol. The minimum atomic E-state index is -3.55. The van der Waals surface area contributed by atoms with Gasteiger partial charge in [-0.05, 0) is 143 Å². The van der Waals surface area contributed by atoms with Gasteiger partial charge < -0.3 is 26.1 Å². The van der Waals surface area contributed by atoms with E-state index in [2.05, 4.69) is 40.7 Å². The molecule has 2 aromatic carbocycles. The summed E-state index contributed by atoms with van der Waals surface area (Å²) in [4.78, 5) is 8.76. The summed E-state index contributed by atoms with van der Waals surface area (Å²) < 4.78 is 67.0. The fourth-order valence-electron chi connectivity index (χ4n) is 7.56. The molecule has 7 N–H and O–H groups in total. The summed E-state index contributed by atoms with van der Waals surface area (Å²) >= 11 is 3.17. The van der Waals surface area contributed by atoms with Gasteiger partial charge in [-0.1, -0.05) is 57.4 Å². The van der Waals surface area contributed by atoms with Gasteiger partial charge in [-0.2, -0.15) is 0 Å². The van der Waals surface area contributed by atoms with E-state index in [1.54, 1.807) is 60.9 Å². The molecule has 3 heterocycles. The van der Waals surface area contributed by atoms with Crippen molar-refractivity contribution in [2.45, 2.75) is 125 Å². The Kier molecular flexibility index (Phi) is 16.2. The number of rotatable bonds is 10. The van der Waals surface area contributed by atoms with Crippen LogP contribution in [-0.2, 0) is 35.8 Å². The number of sulfonamides is 2. The van der Waals surface area contributed by atoms with Crippen LogP contribution in [0.15, 0.2) is 87.5 Å². The molecule has 0 amide bonds. The molecule has 17 heteroatoms. The molecule has 4 aromatic rings. The molecule has 0 atom stereocenters. The lowest BCUT2D eigenvalue weighted by Crippen LogP contribution is -2.41. The lowest BCUT2D eigenvalue weighted by Gasteiger charge is -2.32. The number of hydrogen-bond acceptors (Lipinski definition) is 11. The van der Waals surface area contributed by atoms with E-state index < -0.39 is 38.4 Å². The van der Waals surface area contributed by atoms with Gasteiger partial charge in [0.2, 0.25) is 20.0 Å². The molecular formula is C43H61BBrN7O6S2. The van der Waals surface area contributed by atoms with Crippen molar-refractivity contribution in [2.24, 2.45) is 5.92 Å². The largest absolute Gasteiger partial charge is 0.497 e. The molecule has 0 bridgehead atoms. The standard InChI is InChI=1S/C19H31BN2O4S.C19H25N3O2S.C5H5BrN2/c1-18(2)19(3,4)26-20(25-18)16-13-15(27(23,24)21-5)11-12-17(16)22-14-9-7-6-8-10-14;1-21-25(23,24)17-8-7-15(11-14-5-3-2-4-6-14)18(13-17)19-12-16(20)9-10-22-19;6-5-3-4(7)1-2-8-5/h11-14,21-22H,6-10H2,1-5H3;7-10,12-14,21H,2-6,11H2,1H3,(H2,20,22);1-3H,(H2,7,8). The van der Waals surface area contributed by atoms with Crippen LogP contribution in [0, 0.1) is 5.92 Å². The normalized spacial score (nSPS) is 18.1. The number of hydrogen-bond donors (Lipinski definition) is 5. The number of nitrogens with two attached hydrogens (primary N) is 2. The predicted molar refractivity (Wildman–Crippen MR) is 246 cm³/mol. The Morgan fingerprint density at radius 3 is 1.78 bits per heavy atom. The second kappa shape index (κ2) is 20.5. The molecule has 0 spiro atoms. The summed E-state index contributed by atoms with van der Waals surface area (Å²) in [6, 6.07) is 17.9. The van der Waals surface area contributed by atoms with E-state index in [-0.39, 0.29) is 9.79 Å². The lowest BCUT2D eigenvalue weighted by atomic mass is 9.77. The van der Waals surface area contributed by atoms with Crippen molar-refractivity contribution in [2.75, 3.05) is 30.9 Å². The highest BCUT2D eigenvalue weighted by Gasteiger charge is 2.52. The van der Waals surface area contributed by atoms with Crippen molar-refractivity contribution in [3.05, 3.63) is 83.2 Å². The minimum Gasteiger partial charge on any atom is -0.399 e. The van der Waals surface area contributed by atoms with Gasteiger partial charge >= 0.3 is 7.12 Å². The molecule has 0 unspecified atom stereocenters. The van der Waals surface area contributed by atoms with Gasteiger partial charge in [0.25, 0.3) is 0 Å². The van der Waals surface area contributed by atoms with Crippen molar-refractivity contribution in [1.82, 2.24) is 19.4 Å². The predicted octanol–water partition coefficient (Wildman–Crippen LogP) is 7.43. The Morgan fingerprint density at radius 1 is 0.717 bits per heavy atom. The molecule has 1 saturated heterocycles. The van der Waals surface area contributed by atoms with E-state index in [4.69, 9.17) is 20.8 Å². The van der Waals surface area contributed by atoms with Gasteiger partial charge in [0.05, 0.1) is 26.7 Å². The van der Waals surface area contributed by atoms with E-state index >= 15 is 0 Å². The first-order chi connectivity index (χ1) is 28.3. The number of anilines is 3. The number of benzene rings is 2. The number of pyridine rings is 2. The van der Waals surface area contributed by atoms with Crippen LogP contribution < -0.4 is 31.7 Å². The molecule has 1 aliphatic heterocycles. The first kappa shape index (κ1) is 47.5. The summed E-state index contributed by atoms with van der Waals surface area (Å²) in [5, 5.41) is 3.60. The Morgan fingerprint density at radius 2 is 1.25 bits per heavy atom. The number of halogens is 1. The molecule has 2 saturated carbocycles. The van der Waals surface area contributed by atoms with E-state index in [0.717, 1.165) is 57.5 Å². The van der Waals surface area contributed by atoms with Crippen LogP contribution in [-0.4, -0.2) is 65.3 Å². The van der Waals surface area contributed by atoms with Gasteiger partial charge in [0.15, 0.2) is 0 Å². The number of aromatic nitrogens is 2. The number of nitrogens with one attached hydrogen (secondary N) is 3. The maximum absolute atomic E-state index is 12.3. The highest BCUT2D eigenvalue weighted by molar-refractivity contribution is 9.10. The Labute approximate surface area is 366 Å². The van der Waals surface area contributed by atoms with E-state index in [9.17, 15) is 16.8 Å². The molecule has 326 valence electrons. The summed E-state index contributed by atoms with van der Waals surface area (Å²) in [5.41, 5.74) is 16.0. The van der Waals surface area contributed by atoms with Crippen molar-refractivity contribution >= 4 is 65.6 Å². The molecular weight excluding hydrogens is 865 g/mol. The summed E-state index contributed by atoms with van der Waals surface area (Å²) in [7, 11) is -4.83. The van der Waals surface area contributed by atoms with Gasteiger partial charge in [-0.15, -0.1) is 0 Å². The zero-order valence-corrected chi connectivity index (χ0v) is 38.9. The van der Waals surface area contributed by atoms with Gasteiger partial charge in [-0.3, -0.25) is 4.98 Å².